The van der Waals surface area contributed by atoms with Crippen LogP contribution >= 0.6 is 10.7 Å². The molecule has 1 amide bonds. The van der Waals surface area contributed by atoms with Crippen molar-refractivity contribution in [1.82, 2.24) is 5.32 Å². The van der Waals surface area contributed by atoms with Gasteiger partial charge >= 0.3 is 0 Å². The first-order valence-electron chi connectivity index (χ1n) is 6.19. The van der Waals surface area contributed by atoms with E-state index < -0.39 is 9.05 Å². The van der Waals surface area contributed by atoms with E-state index in [2.05, 4.69) is 5.32 Å². The second-order valence-electron chi connectivity index (χ2n) is 4.51. The quantitative estimate of drug-likeness (QED) is 0.815. The summed E-state index contributed by atoms with van der Waals surface area (Å²) in [6.07, 6.45) is 0. The lowest BCUT2D eigenvalue weighted by atomic mass is 10.1. The van der Waals surface area contributed by atoms with E-state index in [0.717, 1.165) is 0 Å². The molecule has 0 saturated heterocycles. The van der Waals surface area contributed by atoms with E-state index >= 15 is 0 Å². The van der Waals surface area contributed by atoms with Crippen molar-refractivity contribution < 1.29 is 17.9 Å². The van der Waals surface area contributed by atoms with Crippen LogP contribution in [0.15, 0.2) is 23.1 Å². The van der Waals surface area contributed by atoms with Gasteiger partial charge in [-0.25, -0.2) is 8.42 Å². The molecule has 7 heteroatoms. The number of rotatable bonds is 6. The minimum Gasteiger partial charge on any atom is -0.380 e. The number of ether oxygens (including phenoxy) is 1. The highest BCUT2D eigenvalue weighted by molar-refractivity contribution is 8.13. The van der Waals surface area contributed by atoms with Gasteiger partial charge in [-0.3, -0.25) is 4.79 Å². The van der Waals surface area contributed by atoms with Crippen LogP contribution < -0.4 is 5.32 Å². The summed E-state index contributed by atoms with van der Waals surface area (Å²) in [4.78, 5) is 12.0. The Morgan fingerprint density at radius 1 is 1.40 bits per heavy atom. The van der Waals surface area contributed by atoms with Crippen LogP contribution in [-0.4, -0.2) is 33.6 Å². The first-order chi connectivity index (χ1) is 9.24. The number of carbonyl (C=O) groups excluding carboxylic acids is 1. The first-order valence-corrected chi connectivity index (χ1v) is 8.50. The van der Waals surface area contributed by atoms with Gasteiger partial charge in [-0.1, -0.05) is 0 Å². The van der Waals surface area contributed by atoms with Gasteiger partial charge in [0.05, 0.1) is 11.5 Å². The molecule has 5 nitrogen and oxygen atoms in total. The minimum absolute atomic E-state index is 0.0817. The summed E-state index contributed by atoms with van der Waals surface area (Å²) < 4.78 is 27.9. The van der Waals surface area contributed by atoms with Gasteiger partial charge in [0.25, 0.3) is 15.0 Å². The van der Waals surface area contributed by atoms with Crippen molar-refractivity contribution in [2.45, 2.75) is 31.7 Å². The van der Waals surface area contributed by atoms with Crippen LogP contribution in [0, 0.1) is 6.92 Å². The van der Waals surface area contributed by atoms with Gasteiger partial charge in [0.15, 0.2) is 0 Å². The van der Waals surface area contributed by atoms with Gasteiger partial charge < -0.3 is 10.1 Å². The molecular weight excluding hydrogens is 302 g/mol. The van der Waals surface area contributed by atoms with Gasteiger partial charge in [0, 0.05) is 28.9 Å². The smallest absolute Gasteiger partial charge is 0.261 e. The van der Waals surface area contributed by atoms with Gasteiger partial charge in [-0.2, -0.15) is 0 Å². The van der Waals surface area contributed by atoms with Crippen molar-refractivity contribution in [1.29, 1.82) is 0 Å². The van der Waals surface area contributed by atoms with Crippen LogP contribution in [0.1, 0.15) is 29.8 Å². The van der Waals surface area contributed by atoms with Gasteiger partial charge in [0.2, 0.25) is 0 Å². The average molecular weight is 320 g/mol. The fourth-order valence-electron chi connectivity index (χ4n) is 1.66. The molecule has 0 fully saturated rings. The second-order valence-corrected chi connectivity index (χ2v) is 7.07. The first kappa shape index (κ1) is 16.9. The topological polar surface area (TPSA) is 72.5 Å². The molecule has 0 aliphatic rings. The van der Waals surface area contributed by atoms with Crippen LogP contribution in [0.25, 0.3) is 0 Å². The Bertz CT molecular complexity index is 586. The lowest BCUT2D eigenvalue weighted by Crippen LogP contribution is -2.36. The second kappa shape index (κ2) is 7.06. The summed E-state index contributed by atoms with van der Waals surface area (Å²) in [6, 6.07) is 4.12. The predicted octanol–water partition coefficient (Wildman–Crippen LogP) is 2.08. The fourth-order valence-corrected chi connectivity index (χ4v) is 2.52. The van der Waals surface area contributed by atoms with Crippen LogP contribution in [0.2, 0.25) is 0 Å². The fraction of sp³-hybridized carbons (Fsp3) is 0.462. The predicted molar refractivity (Wildman–Crippen MR) is 77.6 cm³/mol. The number of carbonyl (C=O) groups is 1. The molecule has 0 heterocycles. The summed E-state index contributed by atoms with van der Waals surface area (Å²) in [5.74, 6) is -0.359. The summed E-state index contributed by atoms with van der Waals surface area (Å²) in [5.41, 5.74) is 0.905. The van der Waals surface area contributed by atoms with Crippen molar-refractivity contribution in [2.75, 3.05) is 13.2 Å². The monoisotopic (exact) mass is 319 g/mol. The molecule has 1 N–H and O–H groups in total. The Kier molecular flexibility index (Phi) is 5.98. The Balaban J connectivity index is 2.91. The van der Waals surface area contributed by atoms with Crippen LogP contribution in [-0.2, 0) is 13.8 Å². The molecule has 0 aliphatic heterocycles. The van der Waals surface area contributed by atoms with E-state index in [-0.39, 0.29) is 22.4 Å². The third-order valence-electron chi connectivity index (χ3n) is 2.54. The molecular formula is C13H18ClNO4S. The Labute approximate surface area is 123 Å². The molecule has 1 aromatic carbocycles. The SMILES string of the molecule is CCOCC(C)NC(=O)c1cc(C)cc(S(=O)(=O)Cl)c1. The minimum atomic E-state index is -3.86. The zero-order valence-electron chi connectivity index (χ0n) is 11.6. The number of hydrogen-bond acceptors (Lipinski definition) is 4. The van der Waals surface area contributed by atoms with Gasteiger partial charge in [-0.15, -0.1) is 0 Å². The van der Waals surface area contributed by atoms with Crippen molar-refractivity contribution >= 4 is 25.6 Å². The lowest BCUT2D eigenvalue weighted by molar-refractivity contribution is 0.0871. The Morgan fingerprint density at radius 3 is 2.60 bits per heavy atom. The molecule has 0 aliphatic carbocycles. The molecule has 1 unspecified atom stereocenters. The van der Waals surface area contributed by atoms with E-state index in [1.165, 1.54) is 12.1 Å². The summed E-state index contributed by atoms with van der Waals surface area (Å²) >= 11 is 0. The summed E-state index contributed by atoms with van der Waals surface area (Å²) in [7, 11) is 1.45. The van der Waals surface area contributed by atoms with E-state index in [1.54, 1.807) is 13.0 Å². The maximum atomic E-state index is 12.0. The number of nitrogens with one attached hydrogen (secondary N) is 1. The third-order valence-corrected chi connectivity index (χ3v) is 3.88. The van der Waals surface area contributed by atoms with Crippen LogP contribution in [0.5, 0.6) is 0 Å². The van der Waals surface area contributed by atoms with Crippen molar-refractivity contribution in [3.63, 3.8) is 0 Å². The molecule has 1 rings (SSSR count). The normalized spacial score (nSPS) is 13.0. The standard InChI is InChI=1S/C13H18ClNO4S/c1-4-19-8-10(3)15-13(16)11-5-9(2)6-12(7-11)20(14,17)18/h5-7,10H,4,8H2,1-3H3,(H,15,16). The summed E-state index contributed by atoms with van der Waals surface area (Å²) in [6.45, 7) is 6.34. The maximum Gasteiger partial charge on any atom is 0.261 e. The molecule has 0 saturated carbocycles. The highest BCUT2D eigenvalue weighted by Gasteiger charge is 2.16. The van der Waals surface area contributed by atoms with Gasteiger partial charge in [0.1, 0.15) is 0 Å². The highest BCUT2D eigenvalue weighted by atomic mass is 35.7. The Hall–Kier alpha value is -1.11. The highest BCUT2D eigenvalue weighted by Crippen LogP contribution is 2.18. The molecule has 1 aromatic rings. The summed E-state index contributed by atoms with van der Waals surface area (Å²) in [5, 5.41) is 2.74. The van der Waals surface area contributed by atoms with E-state index in [1.807, 2.05) is 13.8 Å². The molecule has 0 radical (unpaired) electrons. The number of aryl methyl sites for hydroxylation is 1. The number of benzene rings is 1. The van der Waals surface area contributed by atoms with E-state index in [4.69, 9.17) is 15.4 Å². The third kappa shape index (κ3) is 5.11. The largest absolute Gasteiger partial charge is 0.380 e. The van der Waals surface area contributed by atoms with Crippen molar-refractivity contribution in [3.8, 4) is 0 Å². The molecule has 0 spiro atoms. The maximum absolute atomic E-state index is 12.0. The number of halogens is 1. The molecule has 20 heavy (non-hydrogen) atoms. The van der Waals surface area contributed by atoms with Crippen molar-refractivity contribution in [3.05, 3.63) is 29.3 Å². The average Bonchev–Trinajstić information content (AvgIpc) is 2.34. The van der Waals surface area contributed by atoms with Crippen LogP contribution in [0.3, 0.4) is 0 Å². The Morgan fingerprint density at radius 2 is 2.05 bits per heavy atom. The lowest BCUT2D eigenvalue weighted by Gasteiger charge is -2.14. The van der Waals surface area contributed by atoms with Gasteiger partial charge in [-0.05, 0) is 44.5 Å². The van der Waals surface area contributed by atoms with E-state index in [9.17, 15) is 13.2 Å². The molecule has 0 aromatic heterocycles. The van der Waals surface area contributed by atoms with Crippen molar-refractivity contribution in [2.24, 2.45) is 0 Å². The van der Waals surface area contributed by atoms with Crippen LogP contribution in [0.4, 0.5) is 0 Å². The zero-order chi connectivity index (χ0) is 15.3. The molecule has 1 atom stereocenters. The number of amides is 1. The molecule has 112 valence electrons. The zero-order valence-corrected chi connectivity index (χ0v) is 13.2. The number of hydrogen-bond donors (Lipinski definition) is 1. The van der Waals surface area contributed by atoms with E-state index in [0.29, 0.717) is 18.8 Å². The molecule has 0 bridgehead atoms.